The van der Waals surface area contributed by atoms with Gasteiger partial charge in [0.2, 0.25) is 5.88 Å². The van der Waals surface area contributed by atoms with E-state index >= 15 is 0 Å². The van der Waals surface area contributed by atoms with Crippen LogP contribution in [0.5, 0.6) is 23.0 Å². The number of allylic oxidation sites excluding steroid dienone is 1. The van der Waals surface area contributed by atoms with E-state index in [-0.39, 0.29) is 45.2 Å². The van der Waals surface area contributed by atoms with E-state index in [0.29, 0.717) is 29.4 Å². The van der Waals surface area contributed by atoms with Gasteiger partial charge in [-0.3, -0.25) is 0 Å². The van der Waals surface area contributed by atoms with E-state index in [1.165, 1.54) is 30.3 Å². The lowest BCUT2D eigenvalue weighted by Gasteiger charge is -2.27. The van der Waals surface area contributed by atoms with Gasteiger partial charge < -0.3 is 24.7 Å². The zero-order valence-electron chi connectivity index (χ0n) is 22.9. The van der Waals surface area contributed by atoms with Gasteiger partial charge in [0.05, 0.1) is 28.1 Å². The molecular weight excluding hydrogens is 594 g/mol. The van der Waals surface area contributed by atoms with Gasteiger partial charge >= 0.3 is 5.97 Å². The smallest absolute Gasteiger partial charge is 0.343 e. The Morgan fingerprint density at radius 3 is 2.30 bits per heavy atom. The first-order valence-corrected chi connectivity index (χ1v) is 14.1. The highest BCUT2D eigenvalue weighted by Crippen LogP contribution is 2.44. The second-order valence-corrected chi connectivity index (χ2v) is 10.4. The van der Waals surface area contributed by atoms with E-state index in [2.05, 4.69) is 6.07 Å². The minimum absolute atomic E-state index is 0.0543. The third kappa shape index (κ3) is 6.69. The molecule has 1 unspecified atom stereocenters. The number of hydrogen-bond donors (Lipinski definition) is 1. The summed E-state index contributed by atoms with van der Waals surface area (Å²) in [6.45, 7) is 2.65. The molecule has 0 aliphatic carbocycles. The van der Waals surface area contributed by atoms with Crippen molar-refractivity contribution < 1.29 is 28.1 Å². The van der Waals surface area contributed by atoms with E-state index in [9.17, 15) is 14.4 Å². The summed E-state index contributed by atoms with van der Waals surface area (Å²) in [6.07, 6.45) is 0.770. The molecule has 7 nitrogen and oxygen atoms in total. The van der Waals surface area contributed by atoms with Crippen molar-refractivity contribution in [2.45, 2.75) is 25.9 Å². The van der Waals surface area contributed by atoms with Crippen molar-refractivity contribution in [3.8, 4) is 29.1 Å². The summed E-state index contributed by atoms with van der Waals surface area (Å²) in [5.74, 6) is -0.147. The number of nitrogens with two attached hydrogens (primary N) is 1. The molecule has 218 valence electrons. The van der Waals surface area contributed by atoms with Crippen LogP contribution in [0.3, 0.4) is 0 Å². The number of nitriles is 1. The average molecular weight is 619 g/mol. The Kier molecular flexibility index (Phi) is 9.05. The topological polar surface area (TPSA) is 104 Å². The molecule has 0 aromatic heterocycles. The van der Waals surface area contributed by atoms with Gasteiger partial charge in [0.1, 0.15) is 41.3 Å². The molecule has 10 heteroatoms. The quantitative estimate of drug-likeness (QED) is 0.150. The third-order valence-electron chi connectivity index (χ3n) is 6.62. The van der Waals surface area contributed by atoms with E-state index in [1.807, 2.05) is 19.1 Å². The van der Waals surface area contributed by atoms with Gasteiger partial charge in [-0.25, -0.2) is 9.18 Å². The minimum Gasteiger partial charge on any atom is -0.490 e. The Morgan fingerprint density at radius 2 is 1.65 bits per heavy atom. The van der Waals surface area contributed by atoms with Gasteiger partial charge in [0, 0.05) is 11.6 Å². The van der Waals surface area contributed by atoms with Crippen LogP contribution in [0.15, 0.2) is 90.3 Å². The Morgan fingerprint density at radius 1 is 0.977 bits per heavy atom. The van der Waals surface area contributed by atoms with Gasteiger partial charge in [-0.05, 0) is 60.0 Å². The maximum Gasteiger partial charge on any atom is 0.343 e. The average Bonchev–Trinajstić information content (AvgIpc) is 3.00. The molecule has 0 fully saturated rings. The Hall–Kier alpha value is -4.71. The van der Waals surface area contributed by atoms with Crippen LogP contribution in [0, 0.1) is 17.1 Å². The van der Waals surface area contributed by atoms with Gasteiger partial charge in [-0.1, -0.05) is 60.5 Å². The second kappa shape index (κ2) is 13.1. The molecule has 1 atom stereocenters. The molecule has 1 aliphatic rings. The first-order valence-electron chi connectivity index (χ1n) is 13.3. The summed E-state index contributed by atoms with van der Waals surface area (Å²) < 4.78 is 35.9. The number of rotatable bonds is 9. The molecule has 0 amide bonds. The van der Waals surface area contributed by atoms with E-state index in [0.717, 1.165) is 17.5 Å². The fourth-order valence-corrected chi connectivity index (χ4v) is 5.13. The molecule has 0 radical (unpaired) electrons. The predicted octanol–water partition coefficient (Wildman–Crippen LogP) is 7.94. The Labute approximate surface area is 257 Å². The number of fused-ring (bicyclic) bond motifs is 1. The summed E-state index contributed by atoms with van der Waals surface area (Å²) in [5.41, 5.74) is 8.79. The van der Waals surface area contributed by atoms with Crippen molar-refractivity contribution in [2.24, 2.45) is 5.73 Å². The maximum atomic E-state index is 13.2. The highest BCUT2D eigenvalue weighted by Gasteiger charge is 2.31. The van der Waals surface area contributed by atoms with Crippen LogP contribution in [0.4, 0.5) is 4.39 Å². The standard InChI is InChI=1S/C33H25Cl2FN2O5/c1-2-13-40-31-27(34)14-21(15-28(31)35)33(39)42-24-11-12-25-29(16-24)43-32(38)26(17-37)30(25)20-5-9-23(10-6-20)41-18-19-3-7-22(36)8-4-19/h3-12,14-16,30H,2,13,18,38H2,1H3. The maximum absolute atomic E-state index is 13.2. The molecule has 5 rings (SSSR count). The molecule has 2 N–H and O–H groups in total. The van der Waals surface area contributed by atoms with Crippen LogP contribution < -0.4 is 24.7 Å². The number of carbonyl (C=O) groups is 1. The van der Waals surface area contributed by atoms with Gasteiger partial charge in [-0.15, -0.1) is 0 Å². The van der Waals surface area contributed by atoms with Crippen molar-refractivity contribution >= 4 is 29.2 Å². The molecule has 1 aliphatic heterocycles. The lowest BCUT2D eigenvalue weighted by atomic mass is 9.83. The first-order chi connectivity index (χ1) is 20.8. The highest BCUT2D eigenvalue weighted by atomic mass is 35.5. The SMILES string of the molecule is CCCOc1c(Cl)cc(C(=O)Oc2ccc3c(c2)OC(N)=C(C#N)C3c2ccc(OCc3ccc(F)cc3)cc2)cc1Cl. The highest BCUT2D eigenvalue weighted by molar-refractivity contribution is 6.37. The van der Waals surface area contributed by atoms with E-state index in [1.54, 1.807) is 36.4 Å². The Bertz CT molecular complexity index is 1710. The van der Waals surface area contributed by atoms with Crippen LogP contribution in [0.25, 0.3) is 0 Å². The number of esters is 1. The Balaban J connectivity index is 1.35. The van der Waals surface area contributed by atoms with Crippen LogP contribution in [0.1, 0.15) is 46.3 Å². The summed E-state index contributed by atoms with van der Waals surface area (Å²) in [5, 5.41) is 10.3. The van der Waals surface area contributed by atoms with Gasteiger partial charge in [-0.2, -0.15) is 5.26 Å². The summed E-state index contributed by atoms with van der Waals surface area (Å²) in [6, 6.07) is 23.2. The lowest BCUT2D eigenvalue weighted by molar-refractivity contribution is 0.0734. The molecule has 0 saturated carbocycles. The predicted molar refractivity (Wildman–Crippen MR) is 160 cm³/mol. The molecule has 1 heterocycles. The fourth-order valence-electron chi connectivity index (χ4n) is 4.53. The van der Waals surface area contributed by atoms with Crippen molar-refractivity contribution in [3.63, 3.8) is 0 Å². The monoisotopic (exact) mass is 618 g/mol. The summed E-state index contributed by atoms with van der Waals surface area (Å²) in [7, 11) is 0. The molecule has 4 aromatic rings. The van der Waals surface area contributed by atoms with Crippen LogP contribution in [-0.4, -0.2) is 12.6 Å². The van der Waals surface area contributed by atoms with Crippen molar-refractivity contribution in [1.82, 2.24) is 0 Å². The molecule has 43 heavy (non-hydrogen) atoms. The molecule has 0 spiro atoms. The number of ether oxygens (including phenoxy) is 4. The zero-order valence-corrected chi connectivity index (χ0v) is 24.4. The number of carbonyl (C=O) groups excluding carboxylic acids is 1. The number of halogens is 3. The van der Waals surface area contributed by atoms with Crippen LogP contribution in [-0.2, 0) is 6.61 Å². The van der Waals surface area contributed by atoms with Crippen LogP contribution in [0.2, 0.25) is 10.0 Å². The van der Waals surface area contributed by atoms with Crippen molar-refractivity contribution in [1.29, 1.82) is 5.26 Å². The minimum atomic E-state index is -0.685. The fraction of sp³-hybridized carbons (Fsp3) is 0.152. The van der Waals surface area contributed by atoms with Crippen molar-refractivity contribution in [2.75, 3.05) is 6.61 Å². The number of nitrogens with zero attached hydrogens (tertiary/aromatic N) is 1. The van der Waals surface area contributed by atoms with E-state index < -0.39 is 11.9 Å². The first kappa shape index (κ1) is 29.8. The largest absolute Gasteiger partial charge is 0.490 e. The van der Waals surface area contributed by atoms with E-state index in [4.69, 9.17) is 47.9 Å². The second-order valence-electron chi connectivity index (χ2n) is 9.62. The number of hydrogen-bond acceptors (Lipinski definition) is 7. The van der Waals surface area contributed by atoms with Crippen LogP contribution >= 0.6 is 23.2 Å². The number of benzene rings is 4. The van der Waals surface area contributed by atoms with Gasteiger partial charge in [0.15, 0.2) is 5.75 Å². The lowest BCUT2D eigenvalue weighted by Crippen LogP contribution is -2.21. The zero-order chi connectivity index (χ0) is 30.5. The molecule has 0 saturated heterocycles. The summed E-state index contributed by atoms with van der Waals surface area (Å²) >= 11 is 12.6. The normalized spacial score (nSPS) is 13.9. The summed E-state index contributed by atoms with van der Waals surface area (Å²) in [4.78, 5) is 12.9. The van der Waals surface area contributed by atoms with Crippen molar-refractivity contribution in [3.05, 3.63) is 128 Å². The molecule has 4 aromatic carbocycles. The molecule has 0 bridgehead atoms. The third-order valence-corrected chi connectivity index (χ3v) is 7.18. The van der Waals surface area contributed by atoms with Gasteiger partial charge in [0.25, 0.3) is 0 Å². The molecular formula is C33H25Cl2FN2O5.